The van der Waals surface area contributed by atoms with Crippen molar-refractivity contribution in [3.05, 3.63) is 11.4 Å². The van der Waals surface area contributed by atoms with E-state index in [9.17, 15) is 4.57 Å². The van der Waals surface area contributed by atoms with Gasteiger partial charge in [0.05, 0.1) is 0 Å². The van der Waals surface area contributed by atoms with Crippen LogP contribution in [0.1, 0.15) is 13.8 Å². The Morgan fingerprint density at radius 2 is 2.00 bits per heavy atom. The zero-order valence-electron chi connectivity index (χ0n) is 7.79. The van der Waals surface area contributed by atoms with Crippen LogP contribution in [0.3, 0.4) is 0 Å². The number of hydrogen-bond donors (Lipinski definition) is 0. The maximum Gasteiger partial charge on any atom is 0.296 e. The molecule has 0 heterocycles. The minimum absolute atomic E-state index is 0.782. The Bertz CT molecular complexity index is 199. The van der Waals surface area contributed by atoms with Gasteiger partial charge in [-0.05, 0) is 27.9 Å². The smallest absolute Gasteiger partial charge is 0.296 e. The van der Waals surface area contributed by atoms with Crippen LogP contribution in [0.2, 0.25) is 0 Å². The zero-order valence-corrected chi connectivity index (χ0v) is 8.68. The van der Waals surface area contributed by atoms with E-state index in [1.807, 2.05) is 19.9 Å². The van der Waals surface area contributed by atoms with Crippen LogP contribution in [0.25, 0.3) is 0 Å². The van der Waals surface area contributed by atoms with E-state index in [0.717, 1.165) is 5.31 Å². The first kappa shape index (κ1) is 10.9. The monoisotopic (exact) mass is 177 g/mol. The van der Waals surface area contributed by atoms with Gasteiger partial charge < -0.3 is 4.52 Å². The summed E-state index contributed by atoms with van der Waals surface area (Å²) in [5.41, 5.74) is 0. The van der Waals surface area contributed by atoms with Gasteiger partial charge >= 0.3 is 0 Å². The van der Waals surface area contributed by atoms with Gasteiger partial charge in [0, 0.05) is 12.4 Å². The molecule has 0 rings (SSSR count). The Balaban J connectivity index is 4.77. The standard InChI is InChI=1S/C7H16NO2P/c1-6-7(2)11(9,10-5)8(3)4/h6H,1-5H3/b7-6+. The van der Waals surface area contributed by atoms with Gasteiger partial charge in [-0.2, -0.15) is 0 Å². The van der Waals surface area contributed by atoms with E-state index in [2.05, 4.69) is 0 Å². The number of allylic oxidation sites excluding steroid dienone is 2. The number of rotatable bonds is 3. The summed E-state index contributed by atoms with van der Waals surface area (Å²) in [5.74, 6) is 0. The van der Waals surface area contributed by atoms with Gasteiger partial charge in [-0.25, -0.2) is 4.67 Å². The first-order chi connectivity index (χ1) is 4.99. The average Bonchev–Trinajstić information content (AvgIpc) is 2.01. The maximum atomic E-state index is 11.8. The van der Waals surface area contributed by atoms with Crippen molar-refractivity contribution in [3.63, 3.8) is 0 Å². The third kappa shape index (κ3) is 2.16. The van der Waals surface area contributed by atoms with Crippen LogP contribution >= 0.6 is 7.52 Å². The molecule has 0 aliphatic heterocycles. The second kappa shape index (κ2) is 4.05. The van der Waals surface area contributed by atoms with Crippen molar-refractivity contribution in [2.45, 2.75) is 13.8 Å². The minimum Gasteiger partial charge on any atom is -0.318 e. The molecule has 0 aliphatic rings. The molecule has 0 amide bonds. The Labute approximate surface area is 68.5 Å². The molecule has 0 aliphatic carbocycles. The van der Waals surface area contributed by atoms with Crippen molar-refractivity contribution in [1.82, 2.24) is 4.67 Å². The van der Waals surface area contributed by atoms with E-state index in [-0.39, 0.29) is 0 Å². The summed E-state index contributed by atoms with van der Waals surface area (Å²) in [4.78, 5) is 0. The normalized spacial score (nSPS) is 18.5. The van der Waals surface area contributed by atoms with Crippen molar-refractivity contribution < 1.29 is 9.09 Å². The van der Waals surface area contributed by atoms with E-state index < -0.39 is 7.52 Å². The quantitative estimate of drug-likeness (QED) is 0.619. The molecule has 0 fully saturated rings. The van der Waals surface area contributed by atoms with Crippen LogP contribution in [0, 0.1) is 0 Å². The lowest BCUT2D eigenvalue weighted by Gasteiger charge is -2.22. The third-order valence-electron chi connectivity index (χ3n) is 1.64. The van der Waals surface area contributed by atoms with E-state index in [4.69, 9.17) is 4.52 Å². The Hall–Kier alpha value is -0.110. The van der Waals surface area contributed by atoms with Gasteiger partial charge in [0.1, 0.15) is 0 Å². The second-order valence-corrected chi connectivity index (χ2v) is 5.39. The highest BCUT2D eigenvalue weighted by Crippen LogP contribution is 2.55. The van der Waals surface area contributed by atoms with Crippen LogP contribution in [0.4, 0.5) is 0 Å². The third-order valence-corrected chi connectivity index (χ3v) is 4.34. The predicted octanol–water partition coefficient (Wildman–Crippen LogP) is 2.31. The molecule has 66 valence electrons. The fourth-order valence-corrected chi connectivity index (χ4v) is 2.36. The van der Waals surface area contributed by atoms with Gasteiger partial charge in [-0.1, -0.05) is 6.08 Å². The molecule has 0 aromatic heterocycles. The molecule has 1 unspecified atom stereocenters. The molecule has 11 heavy (non-hydrogen) atoms. The summed E-state index contributed by atoms with van der Waals surface area (Å²) < 4.78 is 18.4. The molecule has 0 spiro atoms. The molecule has 0 saturated carbocycles. The van der Waals surface area contributed by atoms with Crippen molar-refractivity contribution in [3.8, 4) is 0 Å². The topological polar surface area (TPSA) is 29.5 Å². The fraction of sp³-hybridized carbons (Fsp3) is 0.714. The van der Waals surface area contributed by atoms with Crippen LogP contribution in [-0.4, -0.2) is 25.9 Å². The summed E-state index contributed by atoms with van der Waals surface area (Å²) >= 11 is 0. The minimum atomic E-state index is -2.67. The summed E-state index contributed by atoms with van der Waals surface area (Å²) in [7, 11) is 2.29. The Morgan fingerprint density at radius 3 is 2.09 bits per heavy atom. The SMILES string of the molecule is C/C=C(\C)P(=O)(OC)N(C)C. The molecule has 0 N–H and O–H groups in total. The van der Waals surface area contributed by atoms with Crippen molar-refractivity contribution in [2.24, 2.45) is 0 Å². The molecule has 4 heteroatoms. The fourth-order valence-electron chi connectivity index (χ4n) is 0.786. The zero-order chi connectivity index (χ0) is 9.07. The molecule has 0 radical (unpaired) electrons. The highest BCUT2D eigenvalue weighted by atomic mass is 31.2. The Kier molecular flexibility index (Phi) is 4.01. The maximum absolute atomic E-state index is 11.8. The van der Waals surface area contributed by atoms with Crippen LogP contribution in [-0.2, 0) is 9.09 Å². The van der Waals surface area contributed by atoms with Crippen LogP contribution < -0.4 is 0 Å². The average molecular weight is 177 g/mol. The molecule has 0 aromatic rings. The van der Waals surface area contributed by atoms with Crippen LogP contribution in [0.15, 0.2) is 11.4 Å². The van der Waals surface area contributed by atoms with Gasteiger partial charge in [0.15, 0.2) is 0 Å². The number of nitrogens with zero attached hydrogens (tertiary/aromatic N) is 1. The Morgan fingerprint density at radius 1 is 1.55 bits per heavy atom. The second-order valence-electron chi connectivity index (χ2n) is 2.48. The van der Waals surface area contributed by atoms with E-state index >= 15 is 0 Å². The number of hydrogen-bond acceptors (Lipinski definition) is 2. The largest absolute Gasteiger partial charge is 0.318 e. The van der Waals surface area contributed by atoms with E-state index in [1.165, 1.54) is 7.11 Å². The molecular formula is C7H16NO2P. The first-order valence-corrected chi connectivity index (χ1v) is 5.03. The van der Waals surface area contributed by atoms with E-state index in [0.29, 0.717) is 0 Å². The molecule has 3 nitrogen and oxygen atoms in total. The molecule has 1 atom stereocenters. The van der Waals surface area contributed by atoms with Crippen molar-refractivity contribution in [2.75, 3.05) is 21.2 Å². The lowest BCUT2D eigenvalue weighted by atomic mass is 10.6. The molecule has 0 aromatic carbocycles. The lowest BCUT2D eigenvalue weighted by Crippen LogP contribution is -2.10. The molecular weight excluding hydrogens is 161 g/mol. The summed E-state index contributed by atoms with van der Waals surface area (Å²) in [6, 6.07) is 0. The van der Waals surface area contributed by atoms with Gasteiger partial charge in [0.25, 0.3) is 7.52 Å². The first-order valence-electron chi connectivity index (χ1n) is 3.46. The molecule has 0 saturated heterocycles. The van der Waals surface area contributed by atoms with Gasteiger partial charge in [0.2, 0.25) is 0 Å². The van der Waals surface area contributed by atoms with E-state index in [1.54, 1.807) is 18.8 Å². The summed E-state index contributed by atoms with van der Waals surface area (Å²) in [5, 5.41) is 0.782. The highest BCUT2D eigenvalue weighted by molar-refractivity contribution is 7.60. The lowest BCUT2D eigenvalue weighted by molar-refractivity contribution is 0.352. The molecule has 0 bridgehead atoms. The summed E-state index contributed by atoms with van der Waals surface area (Å²) in [6.07, 6.45) is 1.81. The van der Waals surface area contributed by atoms with Crippen molar-refractivity contribution >= 4 is 7.52 Å². The van der Waals surface area contributed by atoms with Crippen molar-refractivity contribution in [1.29, 1.82) is 0 Å². The van der Waals surface area contributed by atoms with Gasteiger partial charge in [-0.15, -0.1) is 0 Å². The van der Waals surface area contributed by atoms with Crippen LogP contribution in [0.5, 0.6) is 0 Å². The highest BCUT2D eigenvalue weighted by Gasteiger charge is 2.25. The van der Waals surface area contributed by atoms with Gasteiger partial charge in [-0.3, -0.25) is 4.57 Å². The predicted molar refractivity (Wildman–Crippen MR) is 47.7 cm³/mol. The summed E-state index contributed by atoms with van der Waals surface area (Å²) in [6.45, 7) is 3.66.